The van der Waals surface area contributed by atoms with Crippen molar-refractivity contribution in [3.05, 3.63) is 22.6 Å². The second kappa shape index (κ2) is 5.32. The molecule has 1 N–H and O–H groups in total. The Bertz CT molecular complexity index is 338. The third-order valence-electron chi connectivity index (χ3n) is 1.79. The predicted molar refractivity (Wildman–Crippen MR) is 61.3 cm³/mol. The summed E-state index contributed by atoms with van der Waals surface area (Å²) in [5.41, 5.74) is -0.0878. The Labute approximate surface area is 92.4 Å². The zero-order chi connectivity index (χ0) is 11.3. The number of nitrogens with zero attached hydrogens (tertiary/aromatic N) is 1. The van der Waals surface area contributed by atoms with Crippen molar-refractivity contribution < 1.29 is 4.74 Å². The fraction of sp³-hybridized carbons (Fsp3) is 0.700. The van der Waals surface area contributed by atoms with Gasteiger partial charge in [0.15, 0.2) is 0 Å². The Morgan fingerprint density at radius 2 is 2.27 bits per heavy atom. The number of hydrogen-bond acceptors (Lipinski definition) is 2. The fourth-order valence-electron chi connectivity index (χ4n) is 1.11. The van der Waals surface area contributed by atoms with Crippen LogP contribution in [0.4, 0.5) is 0 Å². The minimum atomic E-state index is -0.0878. The summed E-state index contributed by atoms with van der Waals surface area (Å²) in [7, 11) is 0.908. The van der Waals surface area contributed by atoms with E-state index in [-0.39, 0.29) is 5.56 Å². The summed E-state index contributed by atoms with van der Waals surface area (Å²) in [6.07, 6.45) is 1.69. The van der Waals surface area contributed by atoms with Crippen LogP contribution in [0.1, 0.15) is 20.8 Å². The van der Waals surface area contributed by atoms with E-state index in [0.29, 0.717) is 11.8 Å². The summed E-state index contributed by atoms with van der Waals surface area (Å²) in [6, 6.07) is 2.56. The highest BCUT2D eigenvalue weighted by Gasteiger charge is 2.10. The van der Waals surface area contributed by atoms with Crippen molar-refractivity contribution >= 4 is 9.52 Å². The molecule has 4 nitrogen and oxygen atoms in total. The van der Waals surface area contributed by atoms with Crippen molar-refractivity contribution in [2.45, 2.75) is 38.6 Å². The summed E-state index contributed by atoms with van der Waals surface area (Å²) >= 11 is 0. The van der Waals surface area contributed by atoms with Gasteiger partial charge in [-0.15, -0.1) is 0 Å². The van der Waals surface area contributed by atoms with Gasteiger partial charge in [-0.25, -0.2) is 0 Å². The maximum atomic E-state index is 10.8. The number of rotatable bonds is 5. The van der Waals surface area contributed by atoms with E-state index >= 15 is 0 Å². The highest BCUT2D eigenvalue weighted by atomic mass is 28.2. The number of nitrogens with one attached hydrogen (secondary N) is 1. The maximum Gasteiger partial charge on any atom is 0.264 e. The van der Waals surface area contributed by atoms with E-state index in [1.165, 1.54) is 6.07 Å². The molecule has 0 fully saturated rings. The van der Waals surface area contributed by atoms with Crippen LogP contribution in [0.2, 0.25) is 11.1 Å². The van der Waals surface area contributed by atoms with Gasteiger partial charge in [0.25, 0.3) is 5.56 Å². The number of H-pyrrole nitrogens is 1. The van der Waals surface area contributed by atoms with Crippen LogP contribution in [0.15, 0.2) is 17.1 Å². The first-order chi connectivity index (χ1) is 6.97. The minimum absolute atomic E-state index is 0.0878. The molecule has 0 aliphatic rings. The van der Waals surface area contributed by atoms with Crippen molar-refractivity contribution in [3.63, 3.8) is 0 Å². The lowest BCUT2D eigenvalue weighted by atomic mass is 10.3. The summed E-state index contributed by atoms with van der Waals surface area (Å²) in [4.78, 5) is 10.8. The first-order valence-corrected chi connectivity index (χ1v) is 6.26. The van der Waals surface area contributed by atoms with Gasteiger partial charge in [0.05, 0.1) is 0 Å². The molecule has 1 heterocycles. The molecule has 0 spiro atoms. The third-order valence-corrected chi connectivity index (χ3v) is 3.31. The summed E-state index contributed by atoms with van der Waals surface area (Å²) < 4.78 is 7.07. The van der Waals surface area contributed by atoms with Crippen molar-refractivity contribution in [2.75, 3.05) is 6.61 Å². The molecule has 0 saturated heterocycles. The van der Waals surface area contributed by atoms with Gasteiger partial charge in [-0.05, 0) is 11.1 Å². The van der Waals surface area contributed by atoms with Crippen molar-refractivity contribution in [3.8, 4) is 0 Å². The zero-order valence-electron chi connectivity index (χ0n) is 9.54. The SMILES string of the molecule is CC(C)(C)[Si]CCOCn1ccc(=O)[nH]1. The second-order valence-corrected chi connectivity index (χ2v) is 6.83. The van der Waals surface area contributed by atoms with Gasteiger partial charge in [0.2, 0.25) is 0 Å². The van der Waals surface area contributed by atoms with Crippen LogP contribution in [0.25, 0.3) is 0 Å². The van der Waals surface area contributed by atoms with E-state index in [4.69, 9.17) is 4.74 Å². The normalized spacial score (nSPS) is 11.9. The Morgan fingerprint density at radius 1 is 1.53 bits per heavy atom. The van der Waals surface area contributed by atoms with Crippen LogP contribution in [-0.4, -0.2) is 25.9 Å². The molecular weight excluding hydrogens is 208 g/mol. The molecule has 0 amide bonds. The second-order valence-electron chi connectivity index (χ2n) is 4.48. The van der Waals surface area contributed by atoms with Gasteiger partial charge in [0.1, 0.15) is 6.73 Å². The average Bonchev–Trinajstić information content (AvgIpc) is 2.49. The van der Waals surface area contributed by atoms with Gasteiger partial charge in [0, 0.05) is 28.4 Å². The lowest BCUT2D eigenvalue weighted by Crippen LogP contribution is -2.12. The number of ether oxygens (including phenoxy) is 1. The fourth-order valence-corrected chi connectivity index (χ4v) is 2.11. The van der Waals surface area contributed by atoms with E-state index in [0.717, 1.165) is 22.2 Å². The van der Waals surface area contributed by atoms with Crippen LogP contribution in [0.5, 0.6) is 0 Å². The minimum Gasteiger partial charge on any atom is -0.360 e. The Balaban J connectivity index is 2.10. The van der Waals surface area contributed by atoms with Crippen molar-refractivity contribution in [1.82, 2.24) is 9.78 Å². The largest absolute Gasteiger partial charge is 0.360 e. The van der Waals surface area contributed by atoms with Crippen molar-refractivity contribution in [2.24, 2.45) is 0 Å². The lowest BCUT2D eigenvalue weighted by molar-refractivity contribution is 0.0786. The number of aromatic amines is 1. The number of aromatic nitrogens is 2. The standard InChI is InChI=1S/C10H18N2O2Si/c1-10(2,3)15-7-6-14-8-12-5-4-9(13)11-12/h4-5H,6-8H2,1-3H3,(H,11,13). The molecule has 0 bridgehead atoms. The molecular formula is C10H18N2O2Si. The predicted octanol–water partition coefficient (Wildman–Crippen LogP) is 1.49. The van der Waals surface area contributed by atoms with Gasteiger partial charge < -0.3 is 4.74 Å². The van der Waals surface area contributed by atoms with Gasteiger partial charge >= 0.3 is 0 Å². The van der Waals surface area contributed by atoms with Crippen LogP contribution < -0.4 is 5.56 Å². The Kier molecular flexibility index (Phi) is 4.35. The highest BCUT2D eigenvalue weighted by Crippen LogP contribution is 2.21. The molecule has 0 aliphatic heterocycles. The maximum absolute atomic E-state index is 10.8. The quantitative estimate of drug-likeness (QED) is 0.611. The van der Waals surface area contributed by atoms with Crippen LogP contribution in [-0.2, 0) is 11.5 Å². The summed E-state index contributed by atoms with van der Waals surface area (Å²) in [6.45, 7) is 7.87. The molecule has 1 aromatic rings. The topological polar surface area (TPSA) is 47.0 Å². The molecule has 0 saturated carbocycles. The molecule has 5 heteroatoms. The molecule has 84 valence electrons. The summed E-state index contributed by atoms with van der Waals surface area (Å²) in [5, 5.41) is 3.02. The molecule has 0 unspecified atom stereocenters. The van der Waals surface area contributed by atoms with E-state index in [1.807, 2.05) is 0 Å². The zero-order valence-corrected chi connectivity index (χ0v) is 10.5. The summed E-state index contributed by atoms with van der Waals surface area (Å²) in [5.74, 6) is 0. The van der Waals surface area contributed by atoms with Crippen LogP contribution >= 0.6 is 0 Å². The third kappa shape index (κ3) is 5.59. The Morgan fingerprint density at radius 3 is 2.80 bits per heavy atom. The molecule has 1 rings (SSSR count). The molecule has 0 aromatic carbocycles. The van der Waals surface area contributed by atoms with Gasteiger partial charge in [-0.3, -0.25) is 14.6 Å². The Hall–Kier alpha value is -0.813. The molecule has 2 radical (unpaired) electrons. The lowest BCUT2D eigenvalue weighted by Gasteiger charge is -2.16. The smallest absolute Gasteiger partial charge is 0.264 e. The van der Waals surface area contributed by atoms with Gasteiger partial charge in [-0.1, -0.05) is 20.8 Å². The van der Waals surface area contributed by atoms with E-state index in [1.54, 1.807) is 10.9 Å². The first-order valence-electron chi connectivity index (χ1n) is 5.06. The molecule has 1 aromatic heterocycles. The monoisotopic (exact) mass is 226 g/mol. The first kappa shape index (κ1) is 12.3. The van der Waals surface area contributed by atoms with Gasteiger partial charge in [-0.2, -0.15) is 0 Å². The van der Waals surface area contributed by atoms with E-state index in [2.05, 4.69) is 25.9 Å². The molecule has 0 atom stereocenters. The number of hydrogen-bond donors (Lipinski definition) is 1. The average molecular weight is 226 g/mol. The molecule has 0 aliphatic carbocycles. The van der Waals surface area contributed by atoms with Crippen LogP contribution in [0, 0.1) is 0 Å². The highest BCUT2D eigenvalue weighted by molar-refractivity contribution is 6.39. The molecule has 15 heavy (non-hydrogen) atoms. The van der Waals surface area contributed by atoms with Crippen LogP contribution in [0.3, 0.4) is 0 Å². The van der Waals surface area contributed by atoms with Crippen molar-refractivity contribution in [1.29, 1.82) is 0 Å². The van der Waals surface area contributed by atoms with E-state index in [9.17, 15) is 4.79 Å². The van der Waals surface area contributed by atoms with E-state index < -0.39 is 0 Å².